The number of aromatic nitrogens is 3. The van der Waals surface area contributed by atoms with E-state index < -0.39 is 23.7 Å². The van der Waals surface area contributed by atoms with Crippen molar-refractivity contribution < 1.29 is 22.7 Å². The largest absolute Gasteiger partial charge is 0.495 e. The number of ether oxygens (including phenoxy) is 1. The quantitative estimate of drug-likeness (QED) is 0.508. The van der Waals surface area contributed by atoms with Crippen molar-refractivity contribution in [1.82, 2.24) is 14.8 Å². The van der Waals surface area contributed by atoms with E-state index in [4.69, 9.17) is 4.74 Å². The van der Waals surface area contributed by atoms with E-state index in [1.807, 2.05) is 6.26 Å². The van der Waals surface area contributed by atoms with Gasteiger partial charge in [0.05, 0.1) is 23.9 Å². The molecule has 0 saturated heterocycles. The van der Waals surface area contributed by atoms with Crippen LogP contribution in [0.4, 0.5) is 24.8 Å². The highest BCUT2D eigenvalue weighted by molar-refractivity contribution is 7.98. The van der Waals surface area contributed by atoms with E-state index >= 15 is 0 Å². The maximum absolute atomic E-state index is 13.4. The summed E-state index contributed by atoms with van der Waals surface area (Å²) in [5.74, 6) is 0.432. The molecule has 1 aliphatic heterocycles. The summed E-state index contributed by atoms with van der Waals surface area (Å²) in [5.41, 5.74) is 0.966. The van der Waals surface area contributed by atoms with Crippen molar-refractivity contribution >= 4 is 29.3 Å². The van der Waals surface area contributed by atoms with E-state index in [0.717, 1.165) is 12.1 Å². The lowest BCUT2D eigenvalue weighted by Gasteiger charge is -2.29. The lowest BCUT2D eigenvalue weighted by Crippen LogP contribution is -2.31. The molecule has 172 valence electrons. The van der Waals surface area contributed by atoms with Gasteiger partial charge in [-0.15, -0.1) is 5.10 Å². The van der Waals surface area contributed by atoms with Gasteiger partial charge in [-0.1, -0.05) is 36.0 Å². The van der Waals surface area contributed by atoms with Gasteiger partial charge >= 0.3 is 6.18 Å². The molecule has 1 unspecified atom stereocenters. The molecule has 4 rings (SSSR count). The molecule has 3 aromatic rings. The molecule has 7 nitrogen and oxygen atoms in total. The molecule has 1 aliphatic rings. The predicted molar refractivity (Wildman–Crippen MR) is 119 cm³/mol. The zero-order chi connectivity index (χ0) is 23.8. The van der Waals surface area contributed by atoms with Gasteiger partial charge in [-0.05, 0) is 43.0 Å². The summed E-state index contributed by atoms with van der Waals surface area (Å²) in [4.78, 5) is 17.8. The maximum atomic E-state index is 13.4. The van der Waals surface area contributed by atoms with Gasteiger partial charge in [0, 0.05) is 5.70 Å². The number of carbonyl (C=O) groups excluding carboxylic acids is 1. The fourth-order valence-corrected chi connectivity index (χ4v) is 3.96. The molecular formula is C22H20F3N5O2S. The molecule has 2 aromatic carbocycles. The van der Waals surface area contributed by atoms with Crippen molar-refractivity contribution in [3.63, 3.8) is 0 Å². The first kappa shape index (κ1) is 22.7. The highest BCUT2D eigenvalue weighted by atomic mass is 32.2. The van der Waals surface area contributed by atoms with Crippen LogP contribution in [0, 0.1) is 0 Å². The summed E-state index contributed by atoms with van der Waals surface area (Å²) in [5, 5.41) is 10.8. The van der Waals surface area contributed by atoms with Crippen LogP contribution >= 0.6 is 11.8 Å². The van der Waals surface area contributed by atoms with Gasteiger partial charge in [0.2, 0.25) is 11.1 Å². The van der Waals surface area contributed by atoms with E-state index in [0.29, 0.717) is 39.4 Å². The number of thioether (sulfide) groups is 1. The number of nitrogens with zero attached hydrogens (tertiary/aromatic N) is 3. The summed E-state index contributed by atoms with van der Waals surface area (Å²) in [6.07, 6.45) is -2.66. The monoisotopic (exact) mass is 475 g/mol. The lowest BCUT2D eigenvalue weighted by molar-refractivity contribution is -0.137. The number of para-hydroxylation sites is 2. The third kappa shape index (κ3) is 4.40. The minimum atomic E-state index is -4.47. The van der Waals surface area contributed by atoms with E-state index in [9.17, 15) is 18.0 Å². The van der Waals surface area contributed by atoms with Crippen molar-refractivity contribution in [3.05, 3.63) is 70.9 Å². The summed E-state index contributed by atoms with van der Waals surface area (Å²) in [6.45, 7) is 1.71. The Bertz CT molecular complexity index is 1220. The first-order valence-electron chi connectivity index (χ1n) is 9.82. The molecule has 0 aliphatic carbocycles. The molecule has 1 amide bonds. The molecule has 0 fully saturated rings. The number of alkyl halides is 3. The van der Waals surface area contributed by atoms with Crippen molar-refractivity contribution in [2.45, 2.75) is 24.3 Å². The normalized spacial score (nSPS) is 15.6. The van der Waals surface area contributed by atoms with Gasteiger partial charge in [-0.3, -0.25) is 4.79 Å². The second-order valence-electron chi connectivity index (χ2n) is 7.21. The Morgan fingerprint density at radius 2 is 1.88 bits per heavy atom. The van der Waals surface area contributed by atoms with E-state index in [2.05, 4.69) is 20.7 Å². The lowest BCUT2D eigenvalue weighted by atomic mass is 9.94. The second-order valence-corrected chi connectivity index (χ2v) is 7.98. The second kappa shape index (κ2) is 8.81. The number of amides is 1. The van der Waals surface area contributed by atoms with Gasteiger partial charge in [0.1, 0.15) is 11.8 Å². The van der Waals surface area contributed by atoms with Gasteiger partial charge in [0.25, 0.3) is 5.91 Å². The number of anilines is 2. The minimum Gasteiger partial charge on any atom is -0.495 e. The van der Waals surface area contributed by atoms with Gasteiger partial charge in [-0.2, -0.15) is 18.2 Å². The van der Waals surface area contributed by atoms with Crippen LogP contribution in [0.1, 0.15) is 24.1 Å². The molecule has 0 saturated carbocycles. The Kier molecular flexibility index (Phi) is 6.07. The zero-order valence-electron chi connectivity index (χ0n) is 17.9. The Hall–Kier alpha value is -3.47. The number of methoxy groups -OCH3 is 1. The molecule has 0 spiro atoms. The molecule has 2 N–H and O–H groups in total. The number of hydrogen-bond acceptors (Lipinski definition) is 6. The van der Waals surface area contributed by atoms with Crippen LogP contribution in [0.5, 0.6) is 5.75 Å². The van der Waals surface area contributed by atoms with Crippen molar-refractivity contribution in [3.8, 4) is 5.75 Å². The van der Waals surface area contributed by atoms with Crippen molar-refractivity contribution in [2.75, 3.05) is 24.0 Å². The van der Waals surface area contributed by atoms with Crippen LogP contribution in [0.2, 0.25) is 0 Å². The molecule has 0 bridgehead atoms. The number of halogens is 3. The molecule has 0 radical (unpaired) electrons. The van der Waals surface area contributed by atoms with Crippen LogP contribution in [0.25, 0.3) is 0 Å². The number of benzene rings is 2. The van der Waals surface area contributed by atoms with Crippen molar-refractivity contribution in [1.29, 1.82) is 0 Å². The molecule has 33 heavy (non-hydrogen) atoms. The first-order chi connectivity index (χ1) is 15.7. The molecule has 1 aromatic heterocycles. The zero-order valence-corrected chi connectivity index (χ0v) is 18.7. The van der Waals surface area contributed by atoms with Crippen LogP contribution in [0.15, 0.2) is 65.0 Å². The Morgan fingerprint density at radius 3 is 2.52 bits per heavy atom. The molecule has 11 heteroatoms. The summed E-state index contributed by atoms with van der Waals surface area (Å²) in [6, 6.07) is 10.9. The summed E-state index contributed by atoms with van der Waals surface area (Å²) in [7, 11) is 1.49. The number of allylic oxidation sites excluding steroid dienone is 1. The topological polar surface area (TPSA) is 81.1 Å². The van der Waals surface area contributed by atoms with E-state index in [1.54, 1.807) is 31.2 Å². The number of hydrogen-bond donors (Lipinski definition) is 2. The summed E-state index contributed by atoms with van der Waals surface area (Å²) < 4.78 is 46.1. The predicted octanol–water partition coefficient (Wildman–Crippen LogP) is 4.96. The fourth-order valence-electron chi connectivity index (χ4n) is 3.61. The molecular weight excluding hydrogens is 455 g/mol. The van der Waals surface area contributed by atoms with E-state index in [-0.39, 0.29) is 0 Å². The summed E-state index contributed by atoms with van der Waals surface area (Å²) >= 11 is 1.32. The fraction of sp³-hybridized carbons (Fsp3) is 0.227. The highest BCUT2D eigenvalue weighted by Gasteiger charge is 2.36. The third-order valence-electron chi connectivity index (χ3n) is 5.17. The van der Waals surface area contributed by atoms with Crippen LogP contribution in [0.3, 0.4) is 0 Å². The number of rotatable bonds is 5. The molecule has 1 atom stereocenters. The number of carbonyl (C=O) groups is 1. The SMILES string of the molecule is COc1ccccc1NC(=O)C1=C(C)Nc2nc(SC)nn2C1c1ccc(C(F)(F)F)cc1. The van der Waals surface area contributed by atoms with Gasteiger partial charge < -0.3 is 15.4 Å². The van der Waals surface area contributed by atoms with Gasteiger partial charge in [0.15, 0.2) is 0 Å². The van der Waals surface area contributed by atoms with Crippen LogP contribution < -0.4 is 15.4 Å². The minimum absolute atomic E-state index is 0.297. The molecule has 2 heterocycles. The maximum Gasteiger partial charge on any atom is 0.416 e. The van der Waals surface area contributed by atoms with Gasteiger partial charge in [-0.25, -0.2) is 4.68 Å². The average Bonchev–Trinajstić information content (AvgIpc) is 3.20. The van der Waals surface area contributed by atoms with Crippen LogP contribution in [-0.4, -0.2) is 34.0 Å². The number of nitrogens with one attached hydrogen (secondary N) is 2. The van der Waals surface area contributed by atoms with Crippen molar-refractivity contribution in [2.24, 2.45) is 0 Å². The Morgan fingerprint density at radius 1 is 1.18 bits per heavy atom. The Labute approximate surface area is 192 Å². The smallest absolute Gasteiger partial charge is 0.416 e. The Balaban J connectivity index is 1.79. The van der Waals surface area contributed by atoms with Crippen LogP contribution in [-0.2, 0) is 11.0 Å². The standard InChI is InChI=1S/C22H20F3N5O2S/c1-12-17(19(31)27-15-6-4-5-7-16(15)32-2)18(30-20(26-12)28-21(29-30)33-3)13-8-10-14(11-9-13)22(23,24)25/h4-11,18H,1-3H3,(H,27,31)(H,26,28,29). The van der Waals surface area contributed by atoms with E-state index in [1.165, 1.54) is 35.7 Å². The third-order valence-corrected chi connectivity index (χ3v) is 5.71. The average molecular weight is 475 g/mol. The first-order valence-corrected chi connectivity index (χ1v) is 11.0. The highest BCUT2D eigenvalue weighted by Crippen LogP contribution is 2.38. The number of fused-ring (bicyclic) bond motifs is 1.